The smallest absolute Gasteiger partial charge is 0.457 e. The average Bonchev–Trinajstić information content (AvgIpc) is 3.14. The van der Waals surface area contributed by atoms with Gasteiger partial charge in [0.15, 0.2) is 0 Å². The second-order valence-electron chi connectivity index (χ2n) is 14.9. The maximum Gasteiger partial charge on any atom is 0.457 e. The zero-order valence-corrected chi connectivity index (χ0v) is 30.1. The number of rotatable bonds is 14. The second-order valence-corrected chi connectivity index (χ2v) is 14.9. The summed E-state index contributed by atoms with van der Waals surface area (Å²) in [7, 11) is -0.457. The number of hydrogen-bond donors (Lipinski definition) is 3. The predicted molar refractivity (Wildman–Crippen MR) is 179 cm³/mol. The molecule has 3 N–H and O–H groups in total. The van der Waals surface area contributed by atoms with Crippen LogP contribution in [0.2, 0.25) is 6.32 Å². The fourth-order valence-electron chi connectivity index (χ4n) is 4.80. The number of nitrogens with one attached hydrogen (secondary N) is 3. The van der Waals surface area contributed by atoms with Gasteiger partial charge >= 0.3 is 25.3 Å². The van der Waals surface area contributed by atoms with E-state index < -0.39 is 71.6 Å². The Balaban J connectivity index is 2.25. The zero-order valence-electron chi connectivity index (χ0n) is 30.1. The first-order valence-electron chi connectivity index (χ1n) is 16.5. The summed E-state index contributed by atoms with van der Waals surface area (Å²) in [5.74, 6) is -1.73. The lowest BCUT2D eigenvalue weighted by molar-refractivity contribution is -0.159. The summed E-state index contributed by atoms with van der Waals surface area (Å²) in [5.41, 5.74) is -1.78. The first-order chi connectivity index (χ1) is 21.6. The molecular formula is C34H56BN3O9. The molecule has 264 valence electrons. The molecule has 1 aliphatic heterocycles. The number of carbonyl (C=O) groups is 4. The van der Waals surface area contributed by atoms with Crippen molar-refractivity contribution in [3.05, 3.63) is 35.9 Å². The van der Waals surface area contributed by atoms with E-state index in [1.807, 2.05) is 58.0 Å². The molecule has 1 aliphatic rings. The quantitative estimate of drug-likeness (QED) is 0.133. The van der Waals surface area contributed by atoms with Crippen LogP contribution in [0.3, 0.4) is 0 Å². The average molecular weight is 662 g/mol. The first kappa shape index (κ1) is 39.9. The van der Waals surface area contributed by atoms with Gasteiger partial charge in [0.25, 0.3) is 0 Å². The number of benzene rings is 1. The Morgan fingerprint density at radius 1 is 0.851 bits per heavy atom. The summed E-state index contributed by atoms with van der Waals surface area (Å²) < 4.78 is 28.8. The maximum absolute atomic E-state index is 13.6. The Hall–Kier alpha value is -3.32. The highest BCUT2D eigenvalue weighted by molar-refractivity contribution is 6.45. The van der Waals surface area contributed by atoms with Crippen LogP contribution in [0, 0.1) is 5.92 Å². The Labute approximate surface area is 280 Å². The van der Waals surface area contributed by atoms with Crippen LogP contribution in [-0.2, 0) is 39.7 Å². The minimum atomic E-state index is -1.16. The van der Waals surface area contributed by atoms with Gasteiger partial charge in [-0.15, -0.1) is 0 Å². The van der Waals surface area contributed by atoms with Crippen LogP contribution in [0.4, 0.5) is 9.59 Å². The van der Waals surface area contributed by atoms with Crippen molar-refractivity contribution in [2.45, 2.75) is 143 Å². The largest absolute Gasteiger partial charge is 0.458 e. The number of esters is 1. The molecule has 0 aliphatic carbocycles. The summed E-state index contributed by atoms with van der Waals surface area (Å²) in [4.78, 5) is 52.3. The summed E-state index contributed by atoms with van der Waals surface area (Å²) >= 11 is 0. The molecule has 0 unspecified atom stereocenters. The molecule has 0 bridgehead atoms. The van der Waals surface area contributed by atoms with E-state index >= 15 is 0 Å². The molecule has 1 fully saturated rings. The Kier molecular flexibility index (Phi) is 14.1. The number of carbonyl (C=O) groups excluding carboxylic acids is 4. The Morgan fingerprint density at radius 3 is 1.96 bits per heavy atom. The van der Waals surface area contributed by atoms with E-state index in [1.165, 1.54) is 0 Å². The summed E-state index contributed by atoms with van der Waals surface area (Å²) in [5, 5.41) is 8.17. The van der Waals surface area contributed by atoms with Crippen molar-refractivity contribution < 1.29 is 42.7 Å². The van der Waals surface area contributed by atoms with E-state index in [-0.39, 0.29) is 13.2 Å². The monoisotopic (exact) mass is 661 g/mol. The molecule has 12 nitrogen and oxygen atoms in total. The van der Waals surface area contributed by atoms with Gasteiger partial charge in [-0.25, -0.2) is 14.4 Å². The van der Waals surface area contributed by atoms with Gasteiger partial charge < -0.3 is 39.5 Å². The van der Waals surface area contributed by atoms with E-state index in [4.69, 9.17) is 23.5 Å². The third kappa shape index (κ3) is 13.7. The minimum Gasteiger partial charge on any atom is -0.458 e. The van der Waals surface area contributed by atoms with Crippen molar-refractivity contribution in [2.75, 3.05) is 6.54 Å². The molecule has 2 rings (SSSR count). The van der Waals surface area contributed by atoms with Gasteiger partial charge in [0, 0.05) is 12.5 Å². The van der Waals surface area contributed by atoms with Crippen LogP contribution < -0.4 is 16.0 Å². The van der Waals surface area contributed by atoms with Crippen LogP contribution in [-0.4, -0.2) is 72.2 Å². The lowest BCUT2D eigenvalue weighted by Crippen LogP contribution is -2.53. The van der Waals surface area contributed by atoms with Gasteiger partial charge in [0.1, 0.15) is 29.9 Å². The SMILES string of the molecule is CC[C@H](NC(=O)OC(C)(C)C)C(=O)NC[C@H](CCCB1OC(C)(C)C(C)(C)O1)[C@H](NC(=O)OCc1ccccc1)C(=O)OC(C)(C)C. The summed E-state index contributed by atoms with van der Waals surface area (Å²) in [6, 6.07) is 7.13. The molecule has 3 amide bonds. The second kappa shape index (κ2) is 16.7. The van der Waals surface area contributed by atoms with Gasteiger partial charge in [0.2, 0.25) is 5.91 Å². The molecule has 0 radical (unpaired) electrons. The third-order valence-electron chi connectivity index (χ3n) is 7.89. The van der Waals surface area contributed by atoms with Crippen molar-refractivity contribution in [2.24, 2.45) is 5.92 Å². The van der Waals surface area contributed by atoms with Crippen molar-refractivity contribution in [1.82, 2.24) is 16.0 Å². The van der Waals surface area contributed by atoms with Crippen molar-refractivity contribution in [1.29, 1.82) is 0 Å². The van der Waals surface area contributed by atoms with Crippen LogP contribution >= 0.6 is 0 Å². The highest BCUT2D eigenvalue weighted by Crippen LogP contribution is 2.38. The molecule has 1 aromatic carbocycles. The summed E-state index contributed by atoms with van der Waals surface area (Å²) in [6.07, 6.45) is 0.248. The lowest BCUT2D eigenvalue weighted by Gasteiger charge is -2.32. The molecule has 0 spiro atoms. The van der Waals surface area contributed by atoms with Crippen LogP contribution in [0.25, 0.3) is 0 Å². The van der Waals surface area contributed by atoms with Crippen LogP contribution in [0.15, 0.2) is 30.3 Å². The molecule has 47 heavy (non-hydrogen) atoms. The van der Waals surface area contributed by atoms with Crippen molar-refractivity contribution in [3.8, 4) is 0 Å². The highest BCUT2D eigenvalue weighted by atomic mass is 16.7. The standard InChI is InChI=1S/C34H56BN3O9/c1-12-25(37-30(42)45-32(5,6)7)27(39)36-21-24(19-16-20-35-46-33(8,9)34(10,11)47-35)26(28(40)44-31(2,3)4)38-29(41)43-22-23-17-14-13-15-18-23/h13-15,17-18,24-26H,12,16,19-22H2,1-11H3,(H,36,39)(H,37,42)(H,38,41)/t24-,25-,26-/m0/s1. The number of hydrogen-bond acceptors (Lipinski definition) is 9. The van der Waals surface area contributed by atoms with Gasteiger partial charge in [-0.05, 0) is 94.0 Å². The number of alkyl carbamates (subject to hydrolysis) is 2. The van der Waals surface area contributed by atoms with E-state index in [9.17, 15) is 19.2 Å². The molecule has 3 atom stereocenters. The summed E-state index contributed by atoms with van der Waals surface area (Å²) in [6.45, 7) is 20.1. The van der Waals surface area contributed by atoms with Gasteiger partial charge in [-0.1, -0.05) is 43.7 Å². The van der Waals surface area contributed by atoms with E-state index in [0.717, 1.165) is 5.56 Å². The number of ether oxygens (including phenoxy) is 3. The van der Waals surface area contributed by atoms with Gasteiger partial charge in [-0.2, -0.15) is 0 Å². The fourth-order valence-corrected chi connectivity index (χ4v) is 4.80. The van der Waals surface area contributed by atoms with Crippen LogP contribution in [0.5, 0.6) is 0 Å². The minimum absolute atomic E-state index is 0.00241. The molecule has 1 saturated heterocycles. The van der Waals surface area contributed by atoms with Gasteiger partial charge in [-0.3, -0.25) is 4.79 Å². The fraction of sp³-hybridized carbons (Fsp3) is 0.706. The maximum atomic E-state index is 13.6. The lowest BCUT2D eigenvalue weighted by atomic mass is 9.80. The van der Waals surface area contributed by atoms with Crippen molar-refractivity contribution in [3.63, 3.8) is 0 Å². The Morgan fingerprint density at radius 2 is 1.43 bits per heavy atom. The van der Waals surface area contributed by atoms with Crippen LogP contribution in [0.1, 0.15) is 101 Å². The normalized spacial score (nSPS) is 17.6. The first-order valence-corrected chi connectivity index (χ1v) is 16.5. The molecule has 1 heterocycles. The zero-order chi connectivity index (χ0) is 35.6. The molecule has 0 saturated carbocycles. The Bertz CT molecular complexity index is 1180. The van der Waals surface area contributed by atoms with E-state index in [0.29, 0.717) is 25.6 Å². The number of amides is 3. The van der Waals surface area contributed by atoms with Crippen molar-refractivity contribution >= 4 is 31.2 Å². The predicted octanol–water partition coefficient (Wildman–Crippen LogP) is 5.53. The third-order valence-corrected chi connectivity index (χ3v) is 7.89. The molecule has 13 heteroatoms. The van der Waals surface area contributed by atoms with E-state index in [2.05, 4.69) is 16.0 Å². The van der Waals surface area contributed by atoms with E-state index in [1.54, 1.807) is 48.5 Å². The van der Waals surface area contributed by atoms with Gasteiger partial charge in [0.05, 0.1) is 11.2 Å². The highest BCUT2D eigenvalue weighted by Gasteiger charge is 2.50. The molecule has 0 aromatic heterocycles. The molecule has 1 aromatic rings. The topological polar surface area (TPSA) is 151 Å². The molecular weight excluding hydrogens is 605 g/mol.